The van der Waals surface area contributed by atoms with Crippen LogP contribution in [0.3, 0.4) is 0 Å². The number of fused-ring (bicyclic) bond motifs is 10. The Morgan fingerprint density at radius 1 is 0.674 bits per heavy atom. The molecule has 0 fully saturated rings. The molecule has 1 aliphatic heterocycles. The number of thioether (sulfide) groups is 1. The highest BCUT2D eigenvalue weighted by molar-refractivity contribution is 8.00. The van der Waals surface area contributed by atoms with Crippen LogP contribution in [0, 0.1) is 0 Å². The molecule has 2 atom stereocenters. The summed E-state index contributed by atoms with van der Waals surface area (Å²) in [6, 6.07) is 38.0. The molecule has 3 heteroatoms. The molecule has 0 N–H and O–H groups in total. The summed E-state index contributed by atoms with van der Waals surface area (Å²) in [4.78, 5) is 1.40. The molecule has 0 saturated heterocycles. The molecule has 0 amide bonds. The van der Waals surface area contributed by atoms with E-state index in [0.717, 1.165) is 19.3 Å². The number of allylic oxidation sites excluding steroid dienone is 8. The minimum atomic E-state index is 0.283. The zero-order chi connectivity index (χ0) is 30.2. The summed E-state index contributed by atoms with van der Waals surface area (Å²) < 4.78 is 5.06. The molecule has 0 radical (unpaired) electrons. The molecular weight excluding hydrogens is 577 g/mol. The molecule has 10 rings (SSSR count). The second-order valence-electron chi connectivity index (χ2n) is 12.7. The molecule has 0 saturated carbocycles. The van der Waals surface area contributed by atoms with Crippen LogP contribution >= 0.6 is 11.8 Å². The van der Waals surface area contributed by atoms with Crippen LogP contribution < -0.4 is 0 Å². The van der Waals surface area contributed by atoms with Crippen LogP contribution in [0.15, 0.2) is 150 Å². The molecule has 3 heterocycles. The predicted molar refractivity (Wildman–Crippen MR) is 195 cm³/mol. The molecule has 6 aromatic rings. The highest BCUT2D eigenvalue weighted by Crippen LogP contribution is 2.57. The minimum Gasteiger partial charge on any atom is -0.313 e. The number of para-hydroxylation sites is 3. The third-order valence-electron chi connectivity index (χ3n) is 10.1. The maximum absolute atomic E-state index is 2.59. The lowest BCUT2D eigenvalue weighted by atomic mass is 9.80. The molecule has 0 bridgehead atoms. The van der Waals surface area contributed by atoms with Crippen molar-refractivity contribution in [1.82, 2.24) is 9.13 Å². The zero-order valence-electron chi connectivity index (χ0n) is 25.4. The lowest BCUT2D eigenvalue weighted by Gasteiger charge is -2.28. The Labute approximate surface area is 273 Å². The SMILES string of the molecule is C1=CC(n2c3c(c4ccccc42)C=C(C2=CC4Sc5ccccc5C4c4c2c2ccccc2n4-c2ccccc2)C=CC3)=CCC1. The zero-order valence-corrected chi connectivity index (χ0v) is 26.3. The molecule has 4 aromatic carbocycles. The molecule has 2 unspecified atom stereocenters. The van der Waals surface area contributed by atoms with Gasteiger partial charge in [-0.15, -0.1) is 11.8 Å². The summed E-state index contributed by atoms with van der Waals surface area (Å²) in [5.74, 6) is 0.283. The molecule has 220 valence electrons. The first-order valence-electron chi connectivity index (χ1n) is 16.4. The van der Waals surface area contributed by atoms with E-state index in [4.69, 9.17) is 0 Å². The van der Waals surface area contributed by atoms with Gasteiger partial charge in [-0.2, -0.15) is 0 Å². The number of hydrogen-bond acceptors (Lipinski definition) is 1. The van der Waals surface area contributed by atoms with Gasteiger partial charge in [-0.05, 0) is 72.0 Å². The molecule has 46 heavy (non-hydrogen) atoms. The Morgan fingerprint density at radius 3 is 2.28 bits per heavy atom. The first-order chi connectivity index (χ1) is 22.8. The van der Waals surface area contributed by atoms with E-state index in [1.807, 2.05) is 11.8 Å². The number of aromatic nitrogens is 2. The van der Waals surface area contributed by atoms with Gasteiger partial charge in [0.1, 0.15) is 0 Å². The van der Waals surface area contributed by atoms with Crippen molar-refractivity contribution in [2.24, 2.45) is 0 Å². The van der Waals surface area contributed by atoms with E-state index >= 15 is 0 Å². The molecular formula is C43H32N2S. The van der Waals surface area contributed by atoms with Crippen molar-refractivity contribution in [1.29, 1.82) is 0 Å². The largest absolute Gasteiger partial charge is 0.313 e. The molecule has 4 aliphatic rings. The fourth-order valence-corrected chi connectivity index (χ4v) is 9.66. The standard InChI is InChI=1S/C43H32N2S/c1-3-15-29(16-4-1)44-36-22-10-7-19-31(36)35-26-28(14-13-24-38(35)44)34-27-40-42(33-21-9-12-25-39(33)46-40)43-41(34)32-20-8-11-23-37(32)45(43)30-17-5-2-6-18-30/h2-3,5-23,25-27,40,42H,1,4,24H2. The Morgan fingerprint density at radius 2 is 1.43 bits per heavy atom. The lowest BCUT2D eigenvalue weighted by Crippen LogP contribution is -2.20. The third kappa shape index (κ3) is 3.79. The van der Waals surface area contributed by atoms with Gasteiger partial charge in [0, 0.05) is 67.2 Å². The monoisotopic (exact) mass is 608 g/mol. The van der Waals surface area contributed by atoms with Gasteiger partial charge in [0.2, 0.25) is 0 Å². The minimum absolute atomic E-state index is 0.283. The van der Waals surface area contributed by atoms with Gasteiger partial charge < -0.3 is 9.13 Å². The Hall–Kier alpha value is -4.99. The van der Waals surface area contributed by atoms with Crippen molar-refractivity contribution >= 4 is 50.9 Å². The number of nitrogens with zero attached hydrogens (tertiary/aromatic N) is 2. The van der Waals surface area contributed by atoms with Gasteiger partial charge >= 0.3 is 0 Å². The van der Waals surface area contributed by atoms with Crippen LogP contribution in [-0.4, -0.2) is 14.4 Å². The summed E-state index contributed by atoms with van der Waals surface area (Å²) in [7, 11) is 0. The average Bonchev–Trinajstić information content (AvgIpc) is 3.70. The number of rotatable bonds is 3. The van der Waals surface area contributed by atoms with Gasteiger partial charge in [-0.1, -0.05) is 103 Å². The fourth-order valence-electron chi connectivity index (χ4n) is 8.26. The topological polar surface area (TPSA) is 9.86 Å². The van der Waals surface area contributed by atoms with Crippen molar-refractivity contribution in [3.8, 4) is 5.69 Å². The van der Waals surface area contributed by atoms with E-state index in [0.29, 0.717) is 5.25 Å². The summed E-state index contributed by atoms with van der Waals surface area (Å²) in [6.07, 6.45) is 20.0. The average molecular weight is 609 g/mol. The third-order valence-corrected chi connectivity index (χ3v) is 11.4. The van der Waals surface area contributed by atoms with E-state index < -0.39 is 0 Å². The summed E-state index contributed by atoms with van der Waals surface area (Å²) in [6.45, 7) is 0. The van der Waals surface area contributed by atoms with Crippen LogP contribution in [0.25, 0.3) is 44.8 Å². The highest BCUT2D eigenvalue weighted by atomic mass is 32.2. The van der Waals surface area contributed by atoms with Crippen molar-refractivity contribution in [3.63, 3.8) is 0 Å². The number of benzene rings is 4. The first kappa shape index (κ1) is 26.2. The summed E-state index contributed by atoms with van der Waals surface area (Å²) in [5, 5.41) is 2.96. The van der Waals surface area contributed by atoms with Crippen molar-refractivity contribution in [2.75, 3.05) is 0 Å². The second-order valence-corrected chi connectivity index (χ2v) is 13.9. The normalized spacial score (nSPS) is 19.6. The fraction of sp³-hybridized carbons (Fsp3) is 0.116. The van der Waals surface area contributed by atoms with Crippen LogP contribution in [0.5, 0.6) is 0 Å². The lowest BCUT2D eigenvalue weighted by molar-refractivity contribution is 0.780. The van der Waals surface area contributed by atoms with E-state index in [9.17, 15) is 0 Å². The number of hydrogen-bond donors (Lipinski definition) is 0. The molecule has 0 spiro atoms. The van der Waals surface area contributed by atoms with Crippen LogP contribution in [-0.2, 0) is 6.42 Å². The van der Waals surface area contributed by atoms with E-state index in [2.05, 4.69) is 155 Å². The quantitative estimate of drug-likeness (QED) is 0.194. The summed E-state index contributed by atoms with van der Waals surface area (Å²) >= 11 is 2.02. The van der Waals surface area contributed by atoms with Gasteiger partial charge in [0.05, 0.1) is 11.0 Å². The van der Waals surface area contributed by atoms with Crippen LogP contribution in [0.1, 0.15) is 46.8 Å². The molecule has 3 aliphatic carbocycles. The smallest absolute Gasteiger partial charge is 0.0538 e. The van der Waals surface area contributed by atoms with Gasteiger partial charge in [-0.25, -0.2) is 0 Å². The van der Waals surface area contributed by atoms with Crippen LogP contribution in [0.2, 0.25) is 0 Å². The van der Waals surface area contributed by atoms with Gasteiger partial charge in [0.25, 0.3) is 0 Å². The second kappa shape index (κ2) is 10.3. The van der Waals surface area contributed by atoms with Crippen LogP contribution in [0.4, 0.5) is 0 Å². The van der Waals surface area contributed by atoms with Gasteiger partial charge in [-0.3, -0.25) is 0 Å². The predicted octanol–water partition coefficient (Wildman–Crippen LogP) is 11.0. The van der Waals surface area contributed by atoms with E-state index in [1.165, 1.54) is 77.3 Å². The maximum Gasteiger partial charge on any atom is 0.0538 e. The summed E-state index contributed by atoms with van der Waals surface area (Å²) in [5.41, 5.74) is 14.7. The van der Waals surface area contributed by atoms with Crippen molar-refractivity contribution in [2.45, 2.75) is 35.3 Å². The van der Waals surface area contributed by atoms with Crippen molar-refractivity contribution in [3.05, 3.63) is 173 Å². The first-order valence-corrected chi connectivity index (χ1v) is 17.3. The maximum atomic E-state index is 2.59. The van der Waals surface area contributed by atoms with E-state index in [-0.39, 0.29) is 5.92 Å². The molecule has 2 nitrogen and oxygen atoms in total. The Balaban J connectivity index is 1.26. The molecule has 2 aromatic heterocycles. The Kier molecular flexibility index (Phi) is 5.86. The van der Waals surface area contributed by atoms with Gasteiger partial charge in [0.15, 0.2) is 0 Å². The van der Waals surface area contributed by atoms with Crippen molar-refractivity contribution < 1.29 is 0 Å². The van der Waals surface area contributed by atoms with E-state index in [1.54, 1.807) is 0 Å². The Bertz CT molecular complexity index is 2370. The highest BCUT2D eigenvalue weighted by Gasteiger charge is 2.42.